The molecule has 0 amide bonds. The summed E-state index contributed by atoms with van der Waals surface area (Å²) >= 11 is 7.74. The molecular weight excluding hydrogens is 288 g/mol. The first kappa shape index (κ1) is 16.3. The maximum absolute atomic E-state index is 6.02. The minimum absolute atomic E-state index is 0.665. The molecule has 1 aliphatic rings. The van der Waals surface area contributed by atoms with Crippen LogP contribution in [0.5, 0.6) is 0 Å². The quantitative estimate of drug-likeness (QED) is 0.852. The molecular formula is C16H27ClN2S. The highest BCUT2D eigenvalue weighted by molar-refractivity contribution is 7.16. The van der Waals surface area contributed by atoms with Crippen LogP contribution in [-0.2, 0) is 6.42 Å². The average Bonchev–Trinajstić information content (AvgIpc) is 2.82. The lowest BCUT2D eigenvalue weighted by atomic mass is 9.97. The molecule has 0 spiro atoms. The molecule has 0 aromatic carbocycles. The average molecular weight is 315 g/mol. The molecule has 4 heteroatoms. The zero-order valence-electron chi connectivity index (χ0n) is 12.9. The van der Waals surface area contributed by atoms with Crippen molar-refractivity contribution < 1.29 is 0 Å². The van der Waals surface area contributed by atoms with Gasteiger partial charge in [0.05, 0.1) is 4.34 Å². The monoisotopic (exact) mass is 314 g/mol. The first-order valence-electron chi connectivity index (χ1n) is 7.81. The summed E-state index contributed by atoms with van der Waals surface area (Å²) in [6, 6.07) is 5.52. The summed E-state index contributed by atoms with van der Waals surface area (Å²) < 4.78 is 0.907. The van der Waals surface area contributed by atoms with Gasteiger partial charge >= 0.3 is 0 Å². The molecule has 2 atom stereocenters. The Balaban J connectivity index is 1.92. The molecule has 0 radical (unpaired) electrons. The number of halogens is 1. The molecule has 0 aliphatic carbocycles. The first-order valence-corrected chi connectivity index (χ1v) is 9.01. The second kappa shape index (κ2) is 7.79. The van der Waals surface area contributed by atoms with Crippen LogP contribution in [-0.4, -0.2) is 36.6 Å². The van der Waals surface area contributed by atoms with E-state index < -0.39 is 0 Å². The van der Waals surface area contributed by atoms with Crippen LogP contribution in [0.4, 0.5) is 0 Å². The van der Waals surface area contributed by atoms with Crippen molar-refractivity contribution in [3.05, 3.63) is 21.3 Å². The van der Waals surface area contributed by atoms with Crippen LogP contribution in [0.1, 0.15) is 38.5 Å². The summed E-state index contributed by atoms with van der Waals surface area (Å²) in [5, 5.41) is 3.72. The molecule has 2 heterocycles. The molecule has 1 aromatic rings. The topological polar surface area (TPSA) is 15.3 Å². The van der Waals surface area contributed by atoms with Crippen molar-refractivity contribution in [3.8, 4) is 0 Å². The van der Waals surface area contributed by atoms with Crippen LogP contribution in [0, 0.1) is 5.92 Å². The van der Waals surface area contributed by atoms with Gasteiger partial charge in [0.2, 0.25) is 0 Å². The minimum Gasteiger partial charge on any atom is -0.311 e. The molecule has 20 heavy (non-hydrogen) atoms. The van der Waals surface area contributed by atoms with Gasteiger partial charge < -0.3 is 5.32 Å². The highest BCUT2D eigenvalue weighted by Gasteiger charge is 2.28. The summed E-state index contributed by atoms with van der Waals surface area (Å²) in [5.41, 5.74) is 0. The molecule has 2 unspecified atom stereocenters. The van der Waals surface area contributed by atoms with E-state index in [0.29, 0.717) is 18.0 Å². The van der Waals surface area contributed by atoms with E-state index in [-0.39, 0.29) is 0 Å². The zero-order chi connectivity index (χ0) is 14.5. The molecule has 1 aromatic heterocycles. The lowest BCUT2D eigenvalue weighted by molar-refractivity contribution is 0.0971. The third-order valence-corrected chi connectivity index (χ3v) is 5.51. The zero-order valence-corrected chi connectivity index (χ0v) is 14.4. The Morgan fingerprint density at radius 2 is 2.25 bits per heavy atom. The Bertz CT molecular complexity index is 405. The number of rotatable bonds is 6. The van der Waals surface area contributed by atoms with Crippen molar-refractivity contribution in [2.75, 3.05) is 19.6 Å². The van der Waals surface area contributed by atoms with E-state index in [2.05, 4.69) is 37.1 Å². The van der Waals surface area contributed by atoms with Crippen molar-refractivity contribution in [2.45, 2.75) is 52.1 Å². The first-order chi connectivity index (χ1) is 9.60. The van der Waals surface area contributed by atoms with Crippen molar-refractivity contribution in [1.29, 1.82) is 0 Å². The van der Waals surface area contributed by atoms with Gasteiger partial charge in [-0.25, -0.2) is 0 Å². The van der Waals surface area contributed by atoms with E-state index in [0.717, 1.165) is 23.8 Å². The normalized spacial score (nSPS) is 24.4. The van der Waals surface area contributed by atoms with Gasteiger partial charge in [0, 0.05) is 36.6 Å². The van der Waals surface area contributed by atoms with Gasteiger partial charge in [0.15, 0.2) is 0 Å². The fourth-order valence-electron chi connectivity index (χ4n) is 3.10. The number of thiophene rings is 1. The van der Waals surface area contributed by atoms with E-state index in [1.807, 2.05) is 6.07 Å². The second-order valence-corrected chi connectivity index (χ2v) is 7.96. The number of nitrogens with one attached hydrogen (secondary N) is 1. The molecule has 1 saturated heterocycles. The van der Waals surface area contributed by atoms with Crippen LogP contribution in [0.3, 0.4) is 0 Å². The standard InChI is InChI=1S/C16H27ClN2S/c1-4-5-13-11-19(15(10-18-13)12(2)3)9-8-14-6-7-16(17)20-14/h6-7,12-13,15,18H,4-5,8-11H2,1-3H3. The van der Waals surface area contributed by atoms with Crippen LogP contribution >= 0.6 is 22.9 Å². The number of hydrogen-bond acceptors (Lipinski definition) is 3. The number of hydrogen-bond donors (Lipinski definition) is 1. The molecule has 1 N–H and O–H groups in total. The van der Waals surface area contributed by atoms with E-state index in [9.17, 15) is 0 Å². The highest BCUT2D eigenvalue weighted by Crippen LogP contribution is 2.23. The predicted octanol–water partition coefficient (Wildman–Crippen LogP) is 4.04. The Hall–Kier alpha value is -0.0900. The molecule has 0 saturated carbocycles. The van der Waals surface area contributed by atoms with Crippen molar-refractivity contribution in [3.63, 3.8) is 0 Å². The molecule has 2 nitrogen and oxygen atoms in total. The third kappa shape index (κ3) is 4.45. The van der Waals surface area contributed by atoms with Gasteiger partial charge in [0.1, 0.15) is 0 Å². The van der Waals surface area contributed by atoms with E-state index in [1.54, 1.807) is 11.3 Å². The van der Waals surface area contributed by atoms with E-state index in [4.69, 9.17) is 11.6 Å². The maximum Gasteiger partial charge on any atom is 0.0931 e. The molecule has 2 rings (SSSR count). The summed E-state index contributed by atoms with van der Waals surface area (Å²) in [4.78, 5) is 4.10. The van der Waals surface area contributed by atoms with Gasteiger partial charge in [-0.15, -0.1) is 11.3 Å². The predicted molar refractivity (Wildman–Crippen MR) is 89.9 cm³/mol. The second-order valence-electron chi connectivity index (χ2n) is 6.16. The Labute approximate surface area is 132 Å². The SMILES string of the molecule is CCCC1CN(CCc2ccc(Cl)s2)C(C(C)C)CN1. The van der Waals surface area contributed by atoms with E-state index in [1.165, 1.54) is 24.3 Å². The maximum atomic E-state index is 6.02. The highest BCUT2D eigenvalue weighted by atomic mass is 35.5. The molecule has 1 aliphatic heterocycles. The number of piperazine rings is 1. The third-order valence-electron chi connectivity index (χ3n) is 4.22. The van der Waals surface area contributed by atoms with Gasteiger partial charge in [0.25, 0.3) is 0 Å². The molecule has 0 bridgehead atoms. The smallest absolute Gasteiger partial charge is 0.0931 e. The fourth-order valence-corrected chi connectivity index (χ4v) is 4.17. The van der Waals surface area contributed by atoms with Crippen molar-refractivity contribution in [1.82, 2.24) is 10.2 Å². The summed E-state index contributed by atoms with van der Waals surface area (Å²) in [6.07, 6.45) is 3.67. The minimum atomic E-state index is 0.665. The Kier molecular flexibility index (Phi) is 6.34. The Morgan fingerprint density at radius 3 is 2.85 bits per heavy atom. The molecule has 1 fully saturated rings. The van der Waals surface area contributed by atoms with Crippen LogP contribution in [0.2, 0.25) is 4.34 Å². The van der Waals surface area contributed by atoms with Crippen LogP contribution in [0.25, 0.3) is 0 Å². The van der Waals surface area contributed by atoms with Crippen LogP contribution in [0.15, 0.2) is 12.1 Å². The van der Waals surface area contributed by atoms with Gasteiger partial charge in [-0.05, 0) is 30.9 Å². The number of nitrogens with zero attached hydrogens (tertiary/aromatic N) is 1. The van der Waals surface area contributed by atoms with Crippen molar-refractivity contribution in [2.24, 2.45) is 5.92 Å². The lowest BCUT2D eigenvalue weighted by Crippen LogP contribution is -2.58. The van der Waals surface area contributed by atoms with Crippen molar-refractivity contribution >= 4 is 22.9 Å². The van der Waals surface area contributed by atoms with Gasteiger partial charge in [-0.3, -0.25) is 4.90 Å². The lowest BCUT2D eigenvalue weighted by Gasteiger charge is -2.42. The van der Waals surface area contributed by atoms with Gasteiger partial charge in [-0.2, -0.15) is 0 Å². The summed E-state index contributed by atoms with van der Waals surface area (Å²) in [7, 11) is 0. The van der Waals surface area contributed by atoms with Gasteiger partial charge in [-0.1, -0.05) is 38.8 Å². The van der Waals surface area contributed by atoms with E-state index >= 15 is 0 Å². The Morgan fingerprint density at radius 1 is 1.45 bits per heavy atom. The van der Waals surface area contributed by atoms with Crippen LogP contribution < -0.4 is 5.32 Å². The summed E-state index contributed by atoms with van der Waals surface area (Å²) in [5.74, 6) is 0.706. The molecule has 114 valence electrons. The fraction of sp³-hybridized carbons (Fsp3) is 0.750. The largest absolute Gasteiger partial charge is 0.311 e. The summed E-state index contributed by atoms with van der Waals surface area (Å²) in [6.45, 7) is 10.4.